The first-order chi connectivity index (χ1) is 9.81. The largest absolute Gasteiger partial charge is 0.310 e. The van der Waals surface area contributed by atoms with Crippen molar-refractivity contribution in [1.29, 1.82) is 0 Å². The summed E-state index contributed by atoms with van der Waals surface area (Å²) in [6.45, 7) is 12.5. The van der Waals surface area contributed by atoms with Crippen molar-refractivity contribution in [2.45, 2.75) is 59.0 Å². The number of halogens is 1. The van der Waals surface area contributed by atoms with Crippen LogP contribution in [0.5, 0.6) is 0 Å². The van der Waals surface area contributed by atoms with Crippen LogP contribution < -0.4 is 5.32 Å². The highest BCUT2D eigenvalue weighted by molar-refractivity contribution is 5.25. The second-order valence-electron chi connectivity index (χ2n) is 6.50. The number of rotatable bonds is 8. The summed E-state index contributed by atoms with van der Waals surface area (Å²) >= 11 is 0. The third-order valence-corrected chi connectivity index (χ3v) is 4.70. The van der Waals surface area contributed by atoms with Gasteiger partial charge in [-0.1, -0.05) is 26.0 Å². The molecule has 0 heterocycles. The van der Waals surface area contributed by atoms with Gasteiger partial charge in [-0.3, -0.25) is 0 Å². The summed E-state index contributed by atoms with van der Waals surface area (Å²) in [6.07, 6.45) is 2.10. The van der Waals surface area contributed by atoms with Crippen LogP contribution in [0.2, 0.25) is 0 Å². The third-order valence-electron chi connectivity index (χ3n) is 4.70. The monoisotopic (exact) mass is 294 g/mol. The first-order valence-corrected chi connectivity index (χ1v) is 8.02. The smallest absolute Gasteiger partial charge is 0.126 e. The first-order valence-electron chi connectivity index (χ1n) is 8.02. The van der Waals surface area contributed by atoms with Crippen LogP contribution in [0.25, 0.3) is 0 Å². The summed E-state index contributed by atoms with van der Waals surface area (Å²) < 4.78 is 13.8. The van der Waals surface area contributed by atoms with Crippen LogP contribution in [0.15, 0.2) is 18.2 Å². The van der Waals surface area contributed by atoms with E-state index in [0.717, 1.165) is 31.5 Å². The Bertz CT molecular complexity index is 443. The Hall–Kier alpha value is -0.930. The van der Waals surface area contributed by atoms with E-state index in [1.54, 1.807) is 13.0 Å². The Morgan fingerprint density at radius 3 is 2.48 bits per heavy atom. The molecule has 0 bridgehead atoms. The molecule has 1 aromatic carbocycles. The van der Waals surface area contributed by atoms with Crippen molar-refractivity contribution in [3.05, 3.63) is 35.1 Å². The van der Waals surface area contributed by atoms with Crippen LogP contribution in [0, 0.1) is 12.7 Å². The quantitative estimate of drug-likeness (QED) is 0.769. The minimum Gasteiger partial charge on any atom is -0.310 e. The SMILES string of the molecule is CCNC(CCN(C)C(C)(C)CC)c1ccc(C)c(F)c1. The normalized spacial score (nSPS) is 13.7. The summed E-state index contributed by atoms with van der Waals surface area (Å²) in [5, 5.41) is 3.48. The van der Waals surface area contributed by atoms with Gasteiger partial charge in [0.2, 0.25) is 0 Å². The number of hydrogen-bond donors (Lipinski definition) is 1. The molecule has 21 heavy (non-hydrogen) atoms. The molecule has 0 saturated carbocycles. The van der Waals surface area contributed by atoms with E-state index >= 15 is 0 Å². The number of aryl methyl sites for hydroxylation is 1. The zero-order valence-electron chi connectivity index (χ0n) is 14.5. The Morgan fingerprint density at radius 2 is 1.95 bits per heavy atom. The molecule has 0 aliphatic rings. The number of benzene rings is 1. The molecule has 1 atom stereocenters. The van der Waals surface area contributed by atoms with Gasteiger partial charge in [0, 0.05) is 18.1 Å². The third kappa shape index (κ3) is 5.08. The Morgan fingerprint density at radius 1 is 1.29 bits per heavy atom. The average Bonchev–Trinajstić information content (AvgIpc) is 2.46. The van der Waals surface area contributed by atoms with E-state index in [0.29, 0.717) is 5.56 Å². The lowest BCUT2D eigenvalue weighted by molar-refractivity contribution is 0.144. The summed E-state index contributed by atoms with van der Waals surface area (Å²) in [5.41, 5.74) is 1.95. The highest BCUT2D eigenvalue weighted by Crippen LogP contribution is 2.22. The Kier molecular flexibility index (Phi) is 6.82. The van der Waals surface area contributed by atoms with Crippen LogP contribution in [-0.2, 0) is 0 Å². The fraction of sp³-hybridized carbons (Fsp3) is 0.667. The molecule has 120 valence electrons. The van der Waals surface area contributed by atoms with Gasteiger partial charge in [0.05, 0.1) is 0 Å². The molecule has 0 radical (unpaired) electrons. The zero-order valence-corrected chi connectivity index (χ0v) is 14.5. The van der Waals surface area contributed by atoms with E-state index < -0.39 is 0 Å². The van der Waals surface area contributed by atoms with Crippen molar-refractivity contribution < 1.29 is 4.39 Å². The van der Waals surface area contributed by atoms with Gasteiger partial charge in [-0.2, -0.15) is 0 Å². The van der Waals surface area contributed by atoms with Crippen molar-refractivity contribution in [3.8, 4) is 0 Å². The molecule has 1 N–H and O–H groups in total. The predicted octanol–water partition coefficient (Wildman–Crippen LogP) is 4.30. The van der Waals surface area contributed by atoms with Gasteiger partial charge in [-0.15, -0.1) is 0 Å². The number of nitrogens with one attached hydrogen (secondary N) is 1. The molecule has 3 heteroatoms. The fourth-order valence-corrected chi connectivity index (χ4v) is 2.35. The Balaban J connectivity index is 2.76. The molecular formula is C18H31FN2. The van der Waals surface area contributed by atoms with E-state index in [4.69, 9.17) is 0 Å². The van der Waals surface area contributed by atoms with Crippen molar-refractivity contribution in [2.24, 2.45) is 0 Å². The van der Waals surface area contributed by atoms with E-state index in [1.165, 1.54) is 0 Å². The van der Waals surface area contributed by atoms with Crippen LogP contribution >= 0.6 is 0 Å². The van der Waals surface area contributed by atoms with Crippen molar-refractivity contribution >= 4 is 0 Å². The summed E-state index contributed by atoms with van der Waals surface area (Å²) in [4.78, 5) is 2.39. The van der Waals surface area contributed by atoms with Gasteiger partial charge >= 0.3 is 0 Å². The molecule has 0 saturated heterocycles. The lowest BCUT2D eigenvalue weighted by Gasteiger charge is -2.36. The molecule has 1 aromatic rings. The standard InChI is InChI=1S/C18H31FN2/c1-7-18(4,5)21(6)12-11-17(20-8-2)15-10-9-14(3)16(19)13-15/h9-10,13,17,20H,7-8,11-12H2,1-6H3. The van der Waals surface area contributed by atoms with Crippen molar-refractivity contribution in [2.75, 3.05) is 20.1 Å². The van der Waals surface area contributed by atoms with E-state index in [1.807, 2.05) is 12.1 Å². The second kappa shape index (κ2) is 7.90. The molecule has 0 aliphatic heterocycles. The maximum atomic E-state index is 13.8. The van der Waals surface area contributed by atoms with Gasteiger partial charge in [0.25, 0.3) is 0 Å². The minimum absolute atomic E-state index is 0.113. The van der Waals surface area contributed by atoms with E-state index in [9.17, 15) is 4.39 Å². The van der Waals surface area contributed by atoms with Gasteiger partial charge in [-0.05, 0) is 64.4 Å². The molecular weight excluding hydrogens is 263 g/mol. The van der Waals surface area contributed by atoms with Gasteiger partial charge < -0.3 is 10.2 Å². The molecule has 0 amide bonds. The summed E-state index contributed by atoms with van der Waals surface area (Å²) in [6, 6.07) is 5.79. The minimum atomic E-state index is -0.113. The van der Waals surface area contributed by atoms with E-state index in [2.05, 4.69) is 45.0 Å². The molecule has 0 aromatic heterocycles. The van der Waals surface area contributed by atoms with Crippen LogP contribution in [0.4, 0.5) is 4.39 Å². The summed E-state index contributed by atoms with van der Waals surface area (Å²) in [5.74, 6) is -0.113. The molecule has 1 rings (SSSR count). The van der Waals surface area contributed by atoms with Gasteiger partial charge in [0.15, 0.2) is 0 Å². The molecule has 0 fully saturated rings. The topological polar surface area (TPSA) is 15.3 Å². The lowest BCUT2D eigenvalue weighted by atomic mass is 9.97. The molecule has 2 nitrogen and oxygen atoms in total. The number of hydrogen-bond acceptors (Lipinski definition) is 2. The van der Waals surface area contributed by atoms with Crippen LogP contribution in [0.3, 0.4) is 0 Å². The maximum absolute atomic E-state index is 13.8. The van der Waals surface area contributed by atoms with E-state index in [-0.39, 0.29) is 17.4 Å². The predicted molar refractivity (Wildman–Crippen MR) is 89.2 cm³/mol. The average molecular weight is 294 g/mol. The highest BCUT2D eigenvalue weighted by Gasteiger charge is 2.22. The zero-order chi connectivity index (χ0) is 16.0. The fourth-order valence-electron chi connectivity index (χ4n) is 2.35. The number of nitrogens with zero attached hydrogens (tertiary/aromatic N) is 1. The van der Waals surface area contributed by atoms with Crippen molar-refractivity contribution in [1.82, 2.24) is 10.2 Å². The summed E-state index contributed by atoms with van der Waals surface area (Å²) in [7, 11) is 2.17. The highest BCUT2D eigenvalue weighted by atomic mass is 19.1. The molecule has 1 unspecified atom stereocenters. The molecule has 0 aliphatic carbocycles. The second-order valence-corrected chi connectivity index (χ2v) is 6.50. The Labute approximate surface area is 129 Å². The molecule has 0 spiro atoms. The van der Waals surface area contributed by atoms with Gasteiger partial charge in [-0.25, -0.2) is 4.39 Å². The van der Waals surface area contributed by atoms with Gasteiger partial charge in [0.1, 0.15) is 5.82 Å². The van der Waals surface area contributed by atoms with Crippen LogP contribution in [-0.4, -0.2) is 30.6 Å². The lowest BCUT2D eigenvalue weighted by Crippen LogP contribution is -2.42. The maximum Gasteiger partial charge on any atom is 0.126 e. The van der Waals surface area contributed by atoms with Crippen molar-refractivity contribution in [3.63, 3.8) is 0 Å². The van der Waals surface area contributed by atoms with Crippen LogP contribution in [0.1, 0.15) is 57.7 Å². The first kappa shape index (κ1) is 18.1.